The van der Waals surface area contributed by atoms with Gasteiger partial charge in [0.2, 0.25) is 5.95 Å². The predicted octanol–water partition coefficient (Wildman–Crippen LogP) is 0.390. The Morgan fingerprint density at radius 2 is 2.27 bits per heavy atom. The molecule has 0 aromatic carbocycles. The standard InChI is InChI=1S/C6H4FN3O/c7-5-4-3(1-2-8-5)9-10-6(4)11/h1-2H,(H2,9,10,11). The quantitative estimate of drug-likeness (QED) is 0.538. The minimum absolute atomic E-state index is 0.0208. The number of aromatic nitrogens is 3. The van der Waals surface area contributed by atoms with Crippen molar-refractivity contribution >= 4 is 10.9 Å². The first-order chi connectivity index (χ1) is 5.29. The lowest BCUT2D eigenvalue weighted by molar-refractivity contribution is 0.596. The maximum atomic E-state index is 12.7. The summed E-state index contributed by atoms with van der Waals surface area (Å²) in [5.41, 5.74) is -0.0481. The number of rotatable bonds is 0. The van der Waals surface area contributed by atoms with Crippen molar-refractivity contribution in [2.24, 2.45) is 0 Å². The van der Waals surface area contributed by atoms with E-state index in [1.807, 2.05) is 0 Å². The van der Waals surface area contributed by atoms with E-state index in [0.29, 0.717) is 5.52 Å². The van der Waals surface area contributed by atoms with Gasteiger partial charge < -0.3 is 0 Å². The van der Waals surface area contributed by atoms with Gasteiger partial charge in [-0.05, 0) is 6.07 Å². The summed E-state index contributed by atoms with van der Waals surface area (Å²) < 4.78 is 12.7. The average Bonchev–Trinajstić information content (AvgIpc) is 2.34. The summed E-state index contributed by atoms with van der Waals surface area (Å²) >= 11 is 0. The molecular weight excluding hydrogens is 149 g/mol. The van der Waals surface area contributed by atoms with Gasteiger partial charge in [0, 0.05) is 6.20 Å². The number of H-pyrrole nitrogens is 2. The molecule has 11 heavy (non-hydrogen) atoms. The van der Waals surface area contributed by atoms with Crippen molar-refractivity contribution in [2.45, 2.75) is 0 Å². The third kappa shape index (κ3) is 0.739. The van der Waals surface area contributed by atoms with E-state index in [1.165, 1.54) is 12.3 Å². The van der Waals surface area contributed by atoms with Crippen molar-refractivity contribution in [2.75, 3.05) is 0 Å². The van der Waals surface area contributed by atoms with E-state index in [-0.39, 0.29) is 5.39 Å². The van der Waals surface area contributed by atoms with E-state index in [9.17, 15) is 9.18 Å². The molecule has 56 valence electrons. The summed E-state index contributed by atoms with van der Waals surface area (Å²) in [6.45, 7) is 0. The molecule has 0 aliphatic rings. The molecule has 2 N–H and O–H groups in total. The fourth-order valence-corrected chi connectivity index (χ4v) is 0.943. The molecule has 0 unspecified atom stereocenters. The summed E-state index contributed by atoms with van der Waals surface area (Å²) in [5, 5.41) is 4.75. The minimum Gasteiger partial charge on any atom is -0.297 e. The van der Waals surface area contributed by atoms with Gasteiger partial charge in [0.25, 0.3) is 5.56 Å². The molecule has 4 nitrogen and oxygen atoms in total. The molecule has 0 saturated heterocycles. The lowest BCUT2D eigenvalue weighted by Gasteiger charge is -1.85. The normalized spacial score (nSPS) is 10.6. The lowest BCUT2D eigenvalue weighted by atomic mass is 10.3. The summed E-state index contributed by atoms with van der Waals surface area (Å²) in [6.07, 6.45) is 1.29. The van der Waals surface area contributed by atoms with E-state index in [4.69, 9.17) is 0 Å². The van der Waals surface area contributed by atoms with Crippen molar-refractivity contribution in [3.05, 3.63) is 28.6 Å². The van der Waals surface area contributed by atoms with E-state index >= 15 is 0 Å². The van der Waals surface area contributed by atoms with Crippen molar-refractivity contribution in [1.82, 2.24) is 15.2 Å². The second-order valence-corrected chi connectivity index (χ2v) is 2.10. The molecule has 0 bridgehead atoms. The van der Waals surface area contributed by atoms with Gasteiger partial charge in [-0.2, -0.15) is 4.39 Å². The van der Waals surface area contributed by atoms with Gasteiger partial charge in [-0.15, -0.1) is 0 Å². The Morgan fingerprint density at radius 3 is 3.00 bits per heavy atom. The smallest absolute Gasteiger partial charge is 0.276 e. The van der Waals surface area contributed by atoms with E-state index in [0.717, 1.165) is 0 Å². The first-order valence-electron chi connectivity index (χ1n) is 3.00. The highest BCUT2D eigenvalue weighted by molar-refractivity contribution is 5.76. The van der Waals surface area contributed by atoms with Crippen LogP contribution in [-0.2, 0) is 0 Å². The Kier molecular flexibility index (Phi) is 1.06. The second-order valence-electron chi connectivity index (χ2n) is 2.10. The van der Waals surface area contributed by atoms with Crippen molar-refractivity contribution in [3.8, 4) is 0 Å². The number of nitrogens with one attached hydrogen (secondary N) is 2. The highest BCUT2D eigenvalue weighted by Gasteiger charge is 2.05. The zero-order valence-electron chi connectivity index (χ0n) is 5.39. The van der Waals surface area contributed by atoms with Gasteiger partial charge in [-0.3, -0.25) is 15.0 Å². The van der Waals surface area contributed by atoms with E-state index in [2.05, 4.69) is 15.2 Å². The number of fused-ring (bicyclic) bond motifs is 1. The Morgan fingerprint density at radius 1 is 1.45 bits per heavy atom. The summed E-state index contributed by atoms with van der Waals surface area (Å²) in [5.74, 6) is -0.745. The molecule has 2 heterocycles. The molecular formula is C6H4FN3O. The van der Waals surface area contributed by atoms with Crippen molar-refractivity contribution < 1.29 is 4.39 Å². The number of aromatic amines is 2. The zero-order valence-corrected chi connectivity index (χ0v) is 5.39. The molecule has 2 aromatic rings. The molecule has 2 aromatic heterocycles. The summed E-state index contributed by atoms with van der Waals surface area (Å²) in [4.78, 5) is 14.2. The van der Waals surface area contributed by atoms with Gasteiger partial charge in [0.15, 0.2) is 0 Å². The number of hydrogen-bond acceptors (Lipinski definition) is 2. The molecule has 0 aliphatic heterocycles. The van der Waals surface area contributed by atoms with Crippen LogP contribution in [0, 0.1) is 5.95 Å². The third-order valence-electron chi connectivity index (χ3n) is 1.44. The Balaban J connectivity index is 3.08. The molecule has 0 saturated carbocycles. The topological polar surface area (TPSA) is 61.5 Å². The van der Waals surface area contributed by atoms with Crippen LogP contribution in [0.4, 0.5) is 4.39 Å². The van der Waals surface area contributed by atoms with Crippen LogP contribution >= 0.6 is 0 Å². The summed E-state index contributed by atoms with van der Waals surface area (Å²) in [6, 6.07) is 1.52. The number of pyridine rings is 1. The van der Waals surface area contributed by atoms with Crippen LogP contribution in [0.2, 0.25) is 0 Å². The number of hydrogen-bond donors (Lipinski definition) is 2. The van der Waals surface area contributed by atoms with Crippen LogP contribution in [0.3, 0.4) is 0 Å². The van der Waals surface area contributed by atoms with Crippen LogP contribution in [0.25, 0.3) is 10.9 Å². The minimum atomic E-state index is -0.745. The molecule has 0 fully saturated rings. The highest BCUT2D eigenvalue weighted by Crippen LogP contribution is 2.06. The lowest BCUT2D eigenvalue weighted by Crippen LogP contribution is -2.00. The van der Waals surface area contributed by atoms with Gasteiger partial charge >= 0.3 is 0 Å². The van der Waals surface area contributed by atoms with Crippen LogP contribution in [0.1, 0.15) is 0 Å². The van der Waals surface area contributed by atoms with Crippen molar-refractivity contribution in [3.63, 3.8) is 0 Å². The molecule has 5 heteroatoms. The van der Waals surface area contributed by atoms with Gasteiger partial charge in [-0.1, -0.05) is 0 Å². The maximum absolute atomic E-state index is 12.7. The first kappa shape index (κ1) is 6.09. The molecule has 0 aliphatic carbocycles. The average molecular weight is 153 g/mol. The predicted molar refractivity (Wildman–Crippen MR) is 36.7 cm³/mol. The molecule has 0 spiro atoms. The maximum Gasteiger partial charge on any atom is 0.276 e. The molecule has 0 amide bonds. The second kappa shape index (κ2) is 1.91. The fourth-order valence-electron chi connectivity index (χ4n) is 0.943. The molecule has 0 radical (unpaired) electrons. The van der Waals surface area contributed by atoms with Crippen LogP contribution in [-0.4, -0.2) is 15.2 Å². The Labute approximate surface area is 60.1 Å². The van der Waals surface area contributed by atoms with Crippen LogP contribution in [0.15, 0.2) is 17.1 Å². The van der Waals surface area contributed by atoms with Gasteiger partial charge in [-0.25, -0.2) is 4.98 Å². The fraction of sp³-hybridized carbons (Fsp3) is 0. The molecule has 2 rings (SSSR count). The van der Waals surface area contributed by atoms with E-state index in [1.54, 1.807) is 0 Å². The number of nitrogens with zero attached hydrogens (tertiary/aromatic N) is 1. The largest absolute Gasteiger partial charge is 0.297 e. The third-order valence-corrected chi connectivity index (χ3v) is 1.44. The van der Waals surface area contributed by atoms with Crippen LogP contribution < -0.4 is 5.56 Å². The van der Waals surface area contributed by atoms with Crippen molar-refractivity contribution in [1.29, 1.82) is 0 Å². The molecule has 0 atom stereocenters. The number of halogens is 1. The van der Waals surface area contributed by atoms with Gasteiger partial charge in [0.05, 0.1) is 5.52 Å². The van der Waals surface area contributed by atoms with E-state index < -0.39 is 11.5 Å². The highest BCUT2D eigenvalue weighted by atomic mass is 19.1. The zero-order chi connectivity index (χ0) is 7.84. The SMILES string of the molecule is O=c1[nH][nH]c2ccnc(F)c12. The summed E-state index contributed by atoms with van der Waals surface area (Å²) in [7, 11) is 0. The van der Waals surface area contributed by atoms with Crippen LogP contribution in [0.5, 0.6) is 0 Å². The van der Waals surface area contributed by atoms with Gasteiger partial charge in [0.1, 0.15) is 5.39 Å². The Hall–Kier alpha value is -1.65. The monoisotopic (exact) mass is 153 g/mol. The Bertz CT molecular complexity index is 444. The first-order valence-corrected chi connectivity index (χ1v) is 3.00.